The number of rotatable bonds is 3. The number of amides is 1. The maximum Gasteiger partial charge on any atom is 0.410 e. The lowest BCUT2D eigenvalue weighted by molar-refractivity contribution is -0.104. The third-order valence-electron chi connectivity index (χ3n) is 5.52. The highest BCUT2D eigenvalue weighted by Crippen LogP contribution is 2.31. The molecule has 1 amide bonds. The molecule has 2 aliphatic rings. The van der Waals surface area contributed by atoms with Gasteiger partial charge in [-0.05, 0) is 26.0 Å². The van der Waals surface area contributed by atoms with Crippen LogP contribution in [-0.4, -0.2) is 71.4 Å². The third kappa shape index (κ3) is 3.31. The molecule has 3 aromatic heterocycles. The summed E-state index contributed by atoms with van der Waals surface area (Å²) in [5.74, 6) is 1.37. The van der Waals surface area contributed by atoms with Crippen LogP contribution in [0.4, 0.5) is 10.5 Å². The van der Waals surface area contributed by atoms with Crippen molar-refractivity contribution in [3.63, 3.8) is 0 Å². The van der Waals surface area contributed by atoms with Crippen molar-refractivity contribution in [3.8, 4) is 11.6 Å². The van der Waals surface area contributed by atoms with Crippen LogP contribution >= 0.6 is 0 Å². The molecule has 2 saturated heterocycles. The predicted molar refractivity (Wildman–Crippen MR) is 106 cm³/mol. The van der Waals surface area contributed by atoms with Crippen molar-refractivity contribution in [2.24, 2.45) is 0 Å². The lowest BCUT2D eigenvalue weighted by Gasteiger charge is -2.37. The predicted octanol–water partition coefficient (Wildman–Crippen LogP) is 2.49. The van der Waals surface area contributed by atoms with Crippen molar-refractivity contribution in [1.82, 2.24) is 19.9 Å². The normalized spacial score (nSPS) is 17.6. The van der Waals surface area contributed by atoms with E-state index in [9.17, 15) is 4.79 Å². The Bertz CT molecular complexity index is 1030. The highest BCUT2D eigenvalue weighted by molar-refractivity contribution is 5.93. The first-order valence-corrected chi connectivity index (χ1v) is 9.79. The van der Waals surface area contributed by atoms with Gasteiger partial charge in [0.2, 0.25) is 5.89 Å². The number of ether oxygens (including phenoxy) is 2. The van der Waals surface area contributed by atoms with E-state index in [4.69, 9.17) is 13.9 Å². The van der Waals surface area contributed by atoms with Gasteiger partial charge in [-0.25, -0.2) is 14.8 Å². The molecule has 0 radical (unpaired) electrons. The molecule has 0 saturated carbocycles. The van der Waals surface area contributed by atoms with Crippen LogP contribution in [0.1, 0.15) is 11.5 Å². The number of carbonyl (C=O) groups excluding carboxylic acids is 1. The van der Waals surface area contributed by atoms with Gasteiger partial charge in [0.15, 0.2) is 6.10 Å². The standard InChI is InChI=1S/C20H23N5O4/c1-12-13(2)28-19(22-12)16-9-15-17(3-4-21-18(15)23-16)24-5-7-25(8-6-24)20(26)29-14-10-27-11-14/h3-4,9,14H,5-8,10-11H2,1-2H3,(H,21,23). The summed E-state index contributed by atoms with van der Waals surface area (Å²) < 4.78 is 16.2. The molecule has 0 aliphatic carbocycles. The highest BCUT2D eigenvalue weighted by atomic mass is 16.6. The van der Waals surface area contributed by atoms with Crippen LogP contribution in [-0.2, 0) is 9.47 Å². The van der Waals surface area contributed by atoms with Crippen LogP contribution in [0, 0.1) is 13.8 Å². The number of aromatic amines is 1. The van der Waals surface area contributed by atoms with E-state index >= 15 is 0 Å². The summed E-state index contributed by atoms with van der Waals surface area (Å²) in [5.41, 5.74) is 3.56. The van der Waals surface area contributed by atoms with Crippen molar-refractivity contribution in [2.75, 3.05) is 44.3 Å². The topological polar surface area (TPSA) is 96.7 Å². The molecular weight excluding hydrogens is 374 g/mol. The maximum atomic E-state index is 12.2. The van der Waals surface area contributed by atoms with Crippen LogP contribution in [0.25, 0.3) is 22.6 Å². The van der Waals surface area contributed by atoms with Crippen LogP contribution in [0.15, 0.2) is 22.7 Å². The Morgan fingerprint density at radius 3 is 2.69 bits per heavy atom. The summed E-state index contributed by atoms with van der Waals surface area (Å²) >= 11 is 0. The van der Waals surface area contributed by atoms with E-state index in [1.165, 1.54) is 0 Å². The largest absolute Gasteiger partial charge is 0.441 e. The summed E-state index contributed by atoms with van der Waals surface area (Å²) in [6.45, 7) is 7.52. The second-order valence-electron chi connectivity index (χ2n) is 7.45. The molecule has 5 rings (SSSR count). The first-order valence-electron chi connectivity index (χ1n) is 9.79. The van der Waals surface area contributed by atoms with Crippen LogP contribution in [0.5, 0.6) is 0 Å². The number of piperazine rings is 1. The summed E-state index contributed by atoms with van der Waals surface area (Å²) in [5, 5.41) is 1.01. The van der Waals surface area contributed by atoms with Gasteiger partial charge in [-0.3, -0.25) is 0 Å². The molecule has 29 heavy (non-hydrogen) atoms. The third-order valence-corrected chi connectivity index (χ3v) is 5.52. The number of nitrogens with one attached hydrogen (secondary N) is 1. The minimum absolute atomic E-state index is 0.0962. The zero-order valence-electron chi connectivity index (χ0n) is 16.5. The first kappa shape index (κ1) is 18.0. The van der Waals surface area contributed by atoms with Crippen LogP contribution in [0.3, 0.4) is 0 Å². The second kappa shape index (κ2) is 7.07. The molecule has 0 unspecified atom stereocenters. The average Bonchev–Trinajstić information content (AvgIpc) is 3.28. The molecule has 9 heteroatoms. The summed E-state index contributed by atoms with van der Waals surface area (Å²) in [6, 6.07) is 4.03. The fourth-order valence-corrected chi connectivity index (χ4v) is 3.62. The molecule has 152 valence electrons. The molecule has 0 spiro atoms. The van der Waals surface area contributed by atoms with Gasteiger partial charge >= 0.3 is 6.09 Å². The Morgan fingerprint density at radius 2 is 2.03 bits per heavy atom. The smallest absolute Gasteiger partial charge is 0.410 e. The Kier molecular flexibility index (Phi) is 4.39. The summed E-state index contributed by atoms with van der Waals surface area (Å²) in [4.78, 5) is 28.5. The number of carbonyl (C=O) groups is 1. The first-order chi connectivity index (χ1) is 14.1. The molecule has 1 N–H and O–H groups in total. The summed E-state index contributed by atoms with van der Waals surface area (Å²) in [6.07, 6.45) is 1.44. The van der Waals surface area contributed by atoms with Gasteiger partial charge < -0.3 is 28.7 Å². The second-order valence-corrected chi connectivity index (χ2v) is 7.45. The van der Waals surface area contributed by atoms with Gasteiger partial charge in [-0.1, -0.05) is 0 Å². The fraction of sp³-hybridized carbons (Fsp3) is 0.450. The van der Waals surface area contributed by atoms with Gasteiger partial charge in [0, 0.05) is 43.4 Å². The van der Waals surface area contributed by atoms with E-state index < -0.39 is 0 Å². The van der Waals surface area contributed by atoms with Crippen molar-refractivity contribution in [1.29, 1.82) is 0 Å². The van der Waals surface area contributed by atoms with E-state index in [0.29, 0.717) is 32.2 Å². The van der Waals surface area contributed by atoms with Crippen molar-refractivity contribution in [3.05, 3.63) is 29.8 Å². The average molecular weight is 397 g/mol. The number of oxazole rings is 1. The van der Waals surface area contributed by atoms with E-state index in [-0.39, 0.29) is 12.2 Å². The number of nitrogens with zero attached hydrogens (tertiary/aromatic N) is 4. The number of H-pyrrole nitrogens is 1. The molecule has 2 fully saturated rings. The summed E-state index contributed by atoms with van der Waals surface area (Å²) in [7, 11) is 0. The Hall–Kier alpha value is -3.07. The van der Waals surface area contributed by atoms with Gasteiger partial charge in [0.25, 0.3) is 0 Å². The zero-order valence-corrected chi connectivity index (χ0v) is 16.5. The lowest BCUT2D eigenvalue weighted by atomic mass is 10.2. The number of anilines is 1. The number of aryl methyl sites for hydroxylation is 2. The SMILES string of the molecule is Cc1nc(-c2cc3c(N4CCN(C(=O)OC5COC5)CC4)ccnc3[nH]2)oc1C. The Morgan fingerprint density at radius 1 is 1.24 bits per heavy atom. The molecule has 9 nitrogen and oxygen atoms in total. The Labute approximate surface area is 167 Å². The van der Waals surface area contributed by atoms with E-state index in [1.54, 1.807) is 11.1 Å². The molecule has 2 aliphatic heterocycles. The van der Waals surface area contributed by atoms with Crippen molar-refractivity contribution < 1.29 is 18.7 Å². The van der Waals surface area contributed by atoms with Crippen molar-refractivity contribution in [2.45, 2.75) is 20.0 Å². The zero-order chi connectivity index (χ0) is 20.0. The number of pyridine rings is 1. The van der Waals surface area contributed by atoms with Gasteiger partial charge in [0.1, 0.15) is 17.1 Å². The Balaban J connectivity index is 1.33. The van der Waals surface area contributed by atoms with Crippen LogP contribution < -0.4 is 4.90 Å². The number of aromatic nitrogens is 3. The van der Waals surface area contributed by atoms with E-state index in [1.807, 2.05) is 26.0 Å². The fourth-order valence-electron chi connectivity index (χ4n) is 3.62. The van der Waals surface area contributed by atoms with Crippen molar-refractivity contribution >= 4 is 22.8 Å². The molecule has 3 aromatic rings. The van der Waals surface area contributed by atoms with Gasteiger partial charge in [0.05, 0.1) is 18.9 Å². The number of fused-ring (bicyclic) bond motifs is 1. The molecule has 0 atom stereocenters. The molecule has 5 heterocycles. The lowest BCUT2D eigenvalue weighted by Crippen LogP contribution is -2.51. The van der Waals surface area contributed by atoms with E-state index in [0.717, 1.165) is 47.0 Å². The highest BCUT2D eigenvalue weighted by Gasteiger charge is 2.28. The molecular formula is C20H23N5O4. The number of hydrogen-bond acceptors (Lipinski definition) is 7. The molecule has 0 bridgehead atoms. The molecule has 0 aromatic carbocycles. The quantitative estimate of drug-likeness (QED) is 0.725. The monoisotopic (exact) mass is 397 g/mol. The van der Waals surface area contributed by atoms with Crippen LogP contribution in [0.2, 0.25) is 0 Å². The number of hydrogen-bond donors (Lipinski definition) is 1. The van der Waals surface area contributed by atoms with Gasteiger partial charge in [-0.2, -0.15) is 0 Å². The maximum absolute atomic E-state index is 12.2. The van der Waals surface area contributed by atoms with E-state index in [2.05, 4.69) is 19.9 Å². The minimum Gasteiger partial charge on any atom is -0.441 e. The van der Waals surface area contributed by atoms with Gasteiger partial charge in [-0.15, -0.1) is 0 Å². The minimum atomic E-state index is -0.253.